The summed E-state index contributed by atoms with van der Waals surface area (Å²) in [7, 11) is 0. The molecule has 6 heteroatoms. The average Bonchev–Trinajstić information content (AvgIpc) is 3.13. The van der Waals surface area contributed by atoms with E-state index in [4.69, 9.17) is 0 Å². The van der Waals surface area contributed by atoms with Gasteiger partial charge in [0.1, 0.15) is 5.82 Å². The molecule has 102 valence electrons. The number of fused-ring (bicyclic) bond motifs is 1. The summed E-state index contributed by atoms with van der Waals surface area (Å²) in [6, 6.07) is 5.55. The summed E-state index contributed by atoms with van der Waals surface area (Å²) in [5, 5.41) is 4.34. The van der Waals surface area contributed by atoms with Crippen LogP contribution in [0.15, 0.2) is 41.6 Å². The molecule has 20 heavy (non-hydrogen) atoms. The molecule has 3 heterocycles. The lowest BCUT2D eigenvalue weighted by molar-refractivity contribution is 0.508. The Balaban J connectivity index is 1.60. The van der Waals surface area contributed by atoms with E-state index < -0.39 is 0 Å². The third kappa shape index (κ3) is 1.84. The molecule has 1 aliphatic carbocycles. The van der Waals surface area contributed by atoms with Crippen molar-refractivity contribution in [2.24, 2.45) is 0 Å². The third-order valence-electron chi connectivity index (χ3n) is 3.73. The molecule has 1 fully saturated rings. The fourth-order valence-electron chi connectivity index (χ4n) is 2.53. The van der Waals surface area contributed by atoms with Gasteiger partial charge in [-0.25, -0.2) is 14.5 Å². The largest absolute Gasteiger partial charge is 0.350 e. The molecule has 4 rings (SSSR count). The highest BCUT2D eigenvalue weighted by Gasteiger charge is 2.27. The summed E-state index contributed by atoms with van der Waals surface area (Å²) in [5.41, 5.74) is 0.597. The highest BCUT2D eigenvalue weighted by molar-refractivity contribution is 5.35. The first kappa shape index (κ1) is 11.5. The van der Waals surface area contributed by atoms with Crippen molar-refractivity contribution in [3.63, 3.8) is 0 Å². The van der Waals surface area contributed by atoms with Gasteiger partial charge in [0.05, 0.1) is 6.54 Å². The number of aryl methyl sites for hydroxylation is 2. The number of aromatic nitrogens is 5. The minimum atomic E-state index is -0.0892. The van der Waals surface area contributed by atoms with Gasteiger partial charge < -0.3 is 4.57 Å². The molecule has 6 nitrogen and oxygen atoms in total. The van der Waals surface area contributed by atoms with Gasteiger partial charge in [0.25, 0.3) is 0 Å². The second kappa shape index (κ2) is 4.33. The lowest BCUT2D eigenvalue weighted by atomic mass is 10.4. The lowest BCUT2D eigenvalue weighted by Gasteiger charge is -2.06. The second-order valence-electron chi connectivity index (χ2n) is 5.19. The molecule has 1 aliphatic rings. The Morgan fingerprint density at radius 3 is 2.90 bits per heavy atom. The molecule has 0 amide bonds. The normalized spacial score (nSPS) is 15.0. The predicted molar refractivity (Wildman–Crippen MR) is 73.7 cm³/mol. The maximum Gasteiger partial charge on any atom is 0.350 e. The van der Waals surface area contributed by atoms with Gasteiger partial charge in [-0.1, -0.05) is 6.07 Å². The van der Waals surface area contributed by atoms with Crippen molar-refractivity contribution in [1.82, 2.24) is 23.7 Å². The van der Waals surface area contributed by atoms with Crippen LogP contribution in [-0.2, 0) is 13.1 Å². The van der Waals surface area contributed by atoms with E-state index in [9.17, 15) is 4.79 Å². The van der Waals surface area contributed by atoms with Gasteiger partial charge in [-0.3, -0.25) is 4.40 Å². The van der Waals surface area contributed by atoms with Crippen LogP contribution < -0.4 is 5.69 Å². The van der Waals surface area contributed by atoms with Crippen LogP contribution in [0.5, 0.6) is 0 Å². The zero-order valence-corrected chi connectivity index (χ0v) is 11.0. The molecule has 0 spiro atoms. The van der Waals surface area contributed by atoms with E-state index >= 15 is 0 Å². The smallest absolute Gasteiger partial charge is 0.333 e. The number of hydrogen-bond donors (Lipinski definition) is 0. The molecule has 0 aliphatic heterocycles. The first-order chi connectivity index (χ1) is 9.83. The summed E-state index contributed by atoms with van der Waals surface area (Å²) in [6.07, 6.45) is 8.01. The first-order valence-corrected chi connectivity index (χ1v) is 6.88. The molecule has 0 bridgehead atoms. The highest BCUT2D eigenvalue weighted by Crippen LogP contribution is 2.38. The molecule has 3 aromatic heterocycles. The van der Waals surface area contributed by atoms with E-state index in [2.05, 4.69) is 14.6 Å². The third-order valence-corrected chi connectivity index (χ3v) is 3.73. The lowest BCUT2D eigenvalue weighted by Crippen LogP contribution is -2.23. The zero-order chi connectivity index (χ0) is 13.5. The molecule has 3 aromatic rings. The Kier molecular flexibility index (Phi) is 2.48. The summed E-state index contributed by atoms with van der Waals surface area (Å²) >= 11 is 0. The van der Waals surface area contributed by atoms with E-state index in [1.807, 2.05) is 30.6 Å². The topological polar surface area (TPSA) is 57.1 Å². The zero-order valence-electron chi connectivity index (χ0n) is 11.0. The molecule has 0 radical (unpaired) electrons. The summed E-state index contributed by atoms with van der Waals surface area (Å²) in [6.45, 7) is 1.30. The van der Waals surface area contributed by atoms with Crippen molar-refractivity contribution in [2.75, 3.05) is 0 Å². The van der Waals surface area contributed by atoms with Gasteiger partial charge in [0, 0.05) is 31.1 Å². The van der Waals surface area contributed by atoms with Gasteiger partial charge in [-0.15, -0.1) is 5.10 Å². The molecule has 1 saturated carbocycles. The van der Waals surface area contributed by atoms with E-state index in [0.717, 1.165) is 12.4 Å². The number of nitrogens with zero attached hydrogens (tertiary/aromatic N) is 5. The van der Waals surface area contributed by atoms with Crippen LogP contribution in [-0.4, -0.2) is 23.7 Å². The summed E-state index contributed by atoms with van der Waals surface area (Å²) < 4.78 is 5.22. The average molecular weight is 269 g/mol. The number of pyridine rings is 1. The summed E-state index contributed by atoms with van der Waals surface area (Å²) in [4.78, 5) is 16.6. The monoisotopic (exact) mass is 269 g/mol. The number of imidazole rings is 1. The van der Waals surface area contributed by atoms with Crippen molar-refractivity contribution < 1.29 is 0 Å². The van der Waals surface area contributed by atoms with Gasteiger partial charge in [-0.05, 0) is 25.0 Å². The maximum absolute atomic E-state index is 12.2. The van der Waals surface area contributed by atoms with Gasteiger partial charge >= 0.3 is 5.69 Å². The first-order valence-electron chi connectivity index (χ1n) is 6.88. The highest BCUT2D eigenvalue weighted by atomic mass is 16.2. The molecule has 0 saturated heterocycles. The fraction of sp³-hybridized carbons (Fsp3) is 0.357. The molecule has 0 aromatic carbocycles. The number of hydrogen-bond acceptors (Lipinski definition) is 3. The maximum atomic E-state index is 12.2. The van der Waals surface area contributed by atoms with Crippen molar-refractivity contribution in [2.45, 2.75) is 31.8 Å². The quantitative estimate of drug-likeness (QED) is 0.716. The Morgan fingerprint density at radius 2 is 2.10 bits per heavy atom. The van der Waals surface area contributed by atoms with E-state index in [1.54, 1.807) is 10.6 Å². The summed E-state index contributed by atoms with van der Waals surface area (Å²) in [5.74, 6) is 1.75. The van der Waals surface area contributed by atoms with Crippen molar-refractivity contribution in [1.29, 1.82) is 0 Å². The molecular weight excluding hydrogens is 254 g/mol. The SMILES string of the molecule is O=c1n(CCn2ccnc2C2CC2)nc2ccccn12. The Morgan fingerprint density at radius 1 is 1.20 bits per heavy atom. The van der Waals surface area contributed by atoms with E-state index in [-0.39, 0.29) is 5.69 Å². The predicted octanol–water partition coefficient (Wildman–Crippen LogP) is 1.27. The van der Waals surface area contributed by atoms with Gasteiger partial charge in [-0.2, -0.15) is 0 Å². The fourth-order valence-corrected chi connectivity index (χ4v) is 2.53. The molecule has 0 N–H and O–H groups in total. The molecular formula is C14H15N5O. The van der Waals surface area contributed by atoms with Gasteiger partial charge in [0.15, 0.2) is 5.65 Å². The standard InChI is InChI=1S/C14H15N5O/c20-14-18-7-2-1-3-12(18)16-19(14)10-9-17-8-6-15-13(17)11-4-5-11/h1-3,6-8,11H,4-5,9-10H2. The van der Waals surface area contributed by atoms with E-state index in [0.29, 0.717) is 18.1 Å². The van der Waals surface area contributed by atoms with Crippen LogP contribution in [0, 0.1) is 0 Å². The second-order valence-corrected chi connectivity index (χ2v) is 5.19. The Bertz CT molecular complexity index is 808. The van der Waals surface area contributed by atoms with Crippen LogP contribution in [0.3, 0.4) is 0 Å². The van der Waals surface area contributed by atoms with Crippen LogP contribution in [0.4, 0.5) is 0 Å². The van der Waals surface area contributed by atoms with Gasteiger partial charge in [0.2, 0.25) is 0 Å². The van der Waals surface area contributed by atoms with Crippen molar-refractivity contribution >= 4 is 5.65 Å². The van der Waals surface area contributed by atoms with Crippen LogP contribution >= 0.6 is 0 Å². The Labute approximate surface area is 115 Å². The molecule has 0 unspecified atom stereocenters. The van der Waals surface area contributed by atoms with Crippen molar-refractivity contribution in [3.8, 4) is 0 Å². The van der Waals surface area contributed by atoms with Crippen LogP contribution in [0.25, 0.3) is 5.65 Å². The van der Waals surface area contributed by atoms with Crippen LogP contribution in [0.1, 0.15) is 24.6 Å². The minimum Gasteiger partial charge on any atom is -0.333 e. The van der Waals surface area contributed by atoms with Crippen molar-refractivity contribution in [3.05, 3.63) is 53.1 Å². The van der Waals surface area contributed by atoms with E-state index in [1.165, 1.54) is 17.5 Å². The Hall–Kier alpha value is -2.37. The van der Waals surface area contributed by atoms with Crippen LogP contribution in [0.2, 0.25) is 0 Å². The molecule has 0 atom stereocenters. The minimum absolute atomic E-state index is 0.0892. The number of rotatable bonds is 4.